The van der Waals surface area contributed by atoms with Gasteiger partial charge in [-0.1, -0.05) is 39.3 Å². The molecule has 1 atom stereocenters. The van der Waals surface area contributed by atoms with Crippen LogP contribution in [0, 0.1) is 11.8 Å². The second-order valence-electron chi connectivity index (χ2n) is 8.64. The second kappa shape index (κ2) is 9.29. The van der Waals surface area contributed by atoms with Crippen molar-refractivity contribution >= 4 is 23.6 Å². The molecule has 0 bridgehead atoms. The molecule has 0 aromatic carbocycles. The molecule has 1 saturated heterocycles. The van der Waals surface area contributed by atoms with E-state index in [1.54, 1.807) is 16.7 Å². The van der Waals surface area contributed by atoms with Crippen LogP contribution in [0.2, 0.25) is 0 Å². The summed E-state index contributed by atoms with van der Waals surface area (Å²) in [5.41, 5.74) is 1.49. The minimum atomic E-state index is -0.856. The molecular formula is C21H35NO3S. The first kappa shape index (κ1) is 21.3. The average molecular weight is 382 g/mol. The Hall–Kier alpha value is -0.970. The van der Waals surface area contributed by atoms with Crippen molar-refractivity contribution in [1.82, 2.24) is 4.90 Å². The smallest absolute Gasteiger partial charge is 0.327 e. The molecule has 1 N–H and O–H groups in total. The van der Waals surface area contributed by atoms with Gasteiger partial charge in [-0.05, 0) is 56.8 Å². The highest BCUT2D eigenvalue weighted by Crippen LogP contribution is 2.50. The molecule has 0 aromatic rings. The van der Waals surface area contributed by atoms with E-state index in [1.165, 1.54) is 12.0 Å². The Balaban J connectivity index is 2.06. The van der Waals surface area contributed by atoms with E-state index in [9.17, 15) is 14.7 Å². The van der Waals surface area contributed by atoms with E-state index in [0.29, 0.717) is 18.1 Å². The molecule has 1 amide bonds. The van der Waals surface area contributed by atoms with Crippen LogP contribution in [0.15, 0.2) is 11.6 Å². The molecule has 2 fully saturated rings. The van der Waals surface area contributed by atoms with Crippen LogP contribution in [0.3, 0.4) is 0 Å². The van der Waals surface area contributed by atoms with E-state index in [0.717, 1.165) is 44.4 Å². The van der Waals surface area contributed by atoms with Gasteiger partial charge in [0.05, 0.1) is 4.87 Å². The van der Waals surface area contributed by atoms with Crippen molar-refractivity contribution in [1.29, 1.82) is 0 Å². The molecule has 5 heteroatoms. The fourth-order valence-corrected chi connectivity index (χ4v) is 5.57. The number of carboxylic acid groups (broad SMARTS) is 1. The maximum atomic E-state index is 12.9. The lowest BCUT2D eigenvalue weighted by molar-refractivity contribution is -0.152. The quantitative estimate of drug-likeness (QED) is 0.625. The Morgan fingerprint density at radius 1 is 1.19 bits per heavy atom. The van der Waals surface area contributed by atoms with E-state index in [4.69, 9.17) is 0 Å². The highest BCUT2D eigenvalue weighted by molar-refractivity contribution is 8.01. The van der Waals surface area contributed by atoms with Crippen molar-refractivity contribution in [2.75, 3.05) is 5.75 Å². The highest BCUT2D eigenvalue weighted by Gasteiger charge is 2.52. The van der Waals surface area contributed by atoms with Gasteiger partial charge < -0.3 is 10.0 Å². The van der Waals surface area contributed by atoms with Gasteiger partial charge in [0.25, 0.3) is 0 Å². The van der Waals surface area contributed by atoms with Crippen LogP contribution in [0.5, 0.6) is 0 Å². The normalized spacial score (nSPS) is 26.2. The molecular weight excluding hydrogens is 346 g/mol. The summed E-state index contributed by atoms with van der Waals surface area (Å²) in [6.45, 7) is 8.70. The molecule has 0 aromatic heterocycles. The molecule has 1 aliphatic heterocycles. The summed E-state index contributed by atoms with van der Waals surface area (Å²) >= 11 is 1.70. The van der Waals surface area contributed by atoms with Gasteiger partial charge >= 0.3 is 5.97 Å². The van der Waals surface area contributed by atoms with Gasteiger partial charge in [0.15, 0.2) is 0 Å². The zero-order valence-corrected chi connectivity index (χ0v) is 17.6. The number of allylic oxidation sites excluding steroid dienone is 2. The number of carboxylic acids is 1. The Bertz CT molecular complexity index is 531. The summed E-state index contributed by atoms with van der Waals surface area (Å²) in [5, 5.41) is 9.63. The van der Waals surface area contributed by atoms with E-state index in [1.807, 2.05) is 0 Å². The molecule has 1 heterocycles. The van der Waals surface area contributed by atoms with Crippen molar-refractivity contribution in [3.05, 3.63) is 11.6 Å². The van der Waals surface area contributed by atoms with E-state index in [2.05, 4.69) is 33.8 Å². The van der Waals surface area contributed by atoms with Crippen LogP contribution in [0.4, 0.5) is 0 Å². The van der Waals surface area contributed by atoms with Gasteiger partial charge in [-0.15, -0.1) is 11.8 Å². The molecule has 0 unspecified atom stereocenters. The minimum absolute atomic E-state index is 0.0309. The van der Waals surface area contributed by atoms with E-state index < -0.39 is 12.0 Å². The fourth-order valence-electron chi connectivity index (χ4n) is 3.95. The number of amides is 1. The zero-order valence-electron chi connectivity index (χ0n) is 16.8. The predicted molar refractivity (Wildman–Crippen MR) is 108 cm³/mol. The summed E-state index contributed by atoms with van der Waals surface area (Å²) in [4.78, 5) is 26.1. The Morgan fingerprint density at radius 3 is 2.35 bits per heavy atom. The Morgan fingerprint density at radius 2 is 1.81 bits per heavy atom. The lowest BCUT2D eigenvalue weighted by Gasteiger charge is -2.42. The summed E-state index contributed by atoms with van der Waals surface area (Å²) in [6.07, 6.45) is 9.77. The third-order valence-electron chi connectivity index (χ3n) is 5.60. The van der Waals surface area contributed by atoms with Crippen LogP contribution in [-0.2, 0) is 9.59 Å². The summed E-state index contributed by atoms with van der Waals surface area (Å²) < 4.78 is 0. The third kappa shape index (κ3) is 5.28. The van der Waals surface area contributed by atoms with Crippen molar-refractivity contribution in [2.24, 2.45) is 11.8 Å². The molecule has 4 nitrogen and oxygen atoms in total. The number of rotatable bonds is 7. The van der Waals surface area contributed by atoms with Crippen molar-refractivity contribution in [3.8, 4) is 0 Å². The zero-order chi connectivity index (χ0) is 19.3. The van der Waals surface area contributed by atoms with Gasteiger partial charge in [-0.25, -0.2) is 4.79 Å². The number of nitrogens with zero attached hydrogens (tertiary/aromatic N) is 1. The van der Waals surface area contributed by atoms with Gasteiger partial charge in [0, 0.05) is 12.2 Å². The maximum Gasteiger partial charge on any atom is 0.327 e. The van der Waals surface area contributed by atoms with Crippen molar-refractivity contribution in [2.45, 2.75) is 90.0 Å². The van der Waals surface area contributed by atoms with Gasteiger partial charge in [-0.3, -0.25) is 4.79 Å². The minimum Gasteiger partial charge on any atom is -0.480 e. The maximum absolute atomic E-state index is 12.9. The molecule has 1 saturated carbocycles. The largest absolute Gasteiger partial charge is 0.480 e. The Labute approximate surface area is 162 Å². The molecule has 0 radical (unpaired) electrons. The summed E-state index contributed by atoms with van der Waals surface area (Å²) in [6, 6.07) is -0.661. The first-order chi connectivity index (χ1) is 12.2. The molecule has 1 aliphatic carbocycles. The molecule has 26 heavy (non-hydrogen) atoms. The SMILES string of the molecule is CC(C)CCC=C1CCC2(CC1)SC[C@@H](C(=O)O)N2C(=O)CCC(C)C. The van der Waals surface area contributed by atoms with Gasteiger partial charge in [0.1, 0.15) is 6.04 Å². The fraction of sp³-hybridized carbons (Fsp3) is 0.810. The van der Waals surface area contributed by atoms with Crippen molar-refractivity contribution in [3.63, 3.8) is 0 Å². The average Bonchev–Trinajstić information content (AvgIpc) is 2.93. The first-order valence-corrected chi connectivity index (χ1v) is 11.1. The molecule has 2 aliphatic rings. The number of aliphatic carboxylic acids is 1. The predicted octanol–water partition coefficient (Wildman–Crippen LogP) is 5.08. The number of carbonyl (C=O) groups excluding carboxylic acids is 1. The number of thioether (sulfide) groups is 1. The van der Waals surface area contributed by atoms with E-state index in [-0.39, 0.29) is 10.8 Å². The standard InChI is InChI=1S/C21H35NO3S/c1-15(2)6-5-7-17-10-12-21(13-11-17)22(18(14-26-21)20(24)25)19(23)9-8-16(3)4/h7,15-16,18H,5-6,8-14H2,1-4H3,(H,24,25)/t18-,21?/m0/s1. The van der Waals surface area contributed by atoms with Gasteiger partial charge in [0.2, 0.25) is 5.91 Å². The summed E-state index contributed by atoms with van der Waals surface area (Å²) in [7, 11) is 0. The number of hydrogen-bond donors (Lipinski definition) is 1. The molecule has 148 valence electrons. The second-order valence-corrected chi connectivity index (χ2v) is 10.0. The van der Waals surface area contributed by atoms with Crippen molar-refractivity contribution < 1.29 is 14.7 Å². The van der Waals surface area contributed by atoms with Crippen LogP contribution >= 0.6 is 11.8 Å². The van der Waals surface area contributed by atoms with E-state index >= 15 is 0 Å². The first-order valence-electron chi connectivity index (χ1n) is 10.1. The monoisotopic (exact) mass is 381 g/mol. The van der Waals surface area contributed by atoms with Gasteiger partial charge in [-0.2, -0.15) is 0 Å². The van der Waals surface area contributed by atoms with Crippen LogP contribution in [-0.4, -0.2) is 38.5 Å². The molecule has 1 spiro atoms. The third-order valence-corrected chi connectivity index (χ3v) is 7.23. The molecule has 2 rings (SSSR count). The number of hydrogen-bond acceptors (Lipinski definition) is 3. The topological polar surface area (TPSA) is 57.6 Å². The lowest BCUT2D eigenvalue weighted by atomic mass is 9.87. The summed E-state index contributed by atoms with van der Waals surface area (Å²) in [5.74, 6) is 0.872. The highest BCUT2D eigenvalue weighted by atomic mass is 32.2. The van der Waals surface area contributed by atoms with Crippen LogP contribution in [0.1, 0.15) is 79.1 Å². The van der Waals surface area contributed by atoms with Crippen LogP contribution < -0.4 is 0 Å². The van der Waals surface area contributed by atoms with Crippen LogP contribution in [0.25, 0.3) is 0 Å². The Kier molecular flexibility index (Phi) is 7.63. The lowest BCUT2D eigenvalue weighted by Crippen LogP contribution is -2.53. The number of carbonyl (C=O) groups is 2.